The third-order valence-electron chi connectivity index (χ3n) is 4.55. The van der Waals surface area contributed by atoms with Crippen LogP contribution in [0.2, 0.25) is 0 Å². The molecule has 3 aromatic carbocycles. The number of benzene rings is 3. The van der Waals surface area contributed by atoms with Gasteiger partial charge in [-0.2, -0.15) is 0 Å². The topological polar surface area (TPSA) is 52.6 Å². The van der Waals surface area contributed by atoms with Crippen LogP contribution in [0.25, 0.3) is 6.08 Å². The van der Waals surface area contributed by atoms with Crippen molar-refractivity contribution in [3.63, 3.8) is 0 Å². The van der Waals surface area contributed by atoms with E-state index in [1.54, 1.807) is 19.1 Å². The zero-order chi connectivity index (χ0) is 20.5. The van der Waals surface area contributed by atoms with E-state index in [1.165, 1.54) is 24.3 Å². The van der Waals surface area contributed by atoms with Gasteiger partial charge >= 0.3 is 5.97 Å². The van der Waals surface area contributed by atoms with E-state index in [2.05, 4.69) is 0 Å². The minimum atomic E-state index is -0.691. The summed E-state index contributed by atoms with van der Waals surface area (Å²) in [5, 5.41) is 0. The lowest BCUT2D eigenvalue weighted by molar-refractivity contribution is 0.0734. The number of hydrogen-bond donors (Lipinski definition) is 0. The van der Waals surface area contributed by atoms with E-state index in [0.717, 1.165) is 17.2 Å². The highest BCUT2D eigenvalue weighted by atomic mass is 19.1. The largest absolute Gasteiger partial charge is 0.452 e. The molecule has 0 fully saturated rings. The molecule has 144 valence electrons. The molecule has 1 aliphatic rings. The second kappa shape index (κ2) is 7.36. The molecule has 0 N–H and O–H groups in total. The van der Waals surface area contributed by atoms with Crippen LogP contribution in [0.5, 0.6) is 11.5 Å². The van der Waals surface area contributed by atoms with Crippen LogP contribution >= 0.6 is 0 Å². The SMILES string of the molecule is Cc1cccc(/C=C2\Oc3cc(OC(=O)c4cccc(F)c4)cc(C)c3C2=O)c1. The van der Waals surface area contributed by atoms with Crippen molar-refractivity contribution in [1.82, 2.24) is 0 Å². The van der Waals surface area contributed by atoms with Gasteiger partial charge < -0.3 is 9.47 Å². The van der Waals surface area contributed by atoms with E-state index >= 15 is 0 Å². The van der Waals surface area contributed by atoms with Gasteiger partial charge in [-0.05, 0) is 55.3 Å². The van der Waals surface area contributed by atoms with Gasteiger partial charge in [0.05, 0.1) is 11.1 Å². The van der Waals surface area contributed by atoms with Crippen LogP contribution in [0, 0.1) is 19.7 Å². The number of ketones is 1. The predicted octanol–water partition coefficient (Wildman–Crippen LogP) is 5.28. The molecule has 0 saturated carbocycles. The van der Waals surface area contributed by atoms with E-state index in [4.69, 9.17) is 9.47 Å². The number of esters is 1. The van der Waals surface area contributed by atoms with Gasteiger partial charge in [0.15, 0.2) is 5.76 Å². The lowest BCUT2D eigenvalue weighted by Crippen LogP contribution is -2.09. The van der Waals surface area contributed by atoms with Crippen LogP contribution in [-0.2, 0) is 0 Å². The van der Waals surface area contributed by atoms with Crippen LogP contribution in [0.3, 0.4) is 0 Å². The molecule has 5 heteroatoms. The van der Waals surface area contributed by atoms with Crippen molar-refractivity contribution >= 4 is 17.8 Å². The van der Waals surface area contributed by atoms with Gasteiger partial charge in [0, 0.05) is 6.07 Å². The summed E-state index contributed by atoms with van der Waals surface area (Å²) in [6.45, 7) is 3.71. The maximum atomic E-state index is 13.3. The molecule has 0 spiro atoms. The van der Waals surface area contributed by atoms with Crippen LogP contribution in [0.1, 0.15) is 37.4 Å². The Morgan fingerprint density at radius 1 is 1.03 bits per heavy atom. The van der Waals surface area contributed by atoms with Crippen molar-refractivity contribution < 1.29 is 23.5 Å². The van der Waals surface area contributed by atoms with Crippen molar-refractivity contribution in [2.24, 2.45) is 0 Å². The average Bonchev–Trinajstić information content (AvgIpc) is 2.97. The number of carbonyl (C=O) groups is 2. The van der Waals surface area contributed by atoms with E-state index in [0.29, 0.717) is 16.9 Å². The second-order valence-corrected chi connectivity index (χ2v) is 6.87. The summed E-state index contributed by atoms with van der Waals surface area (Å²) in [6, 6.07) is 16.0. The fraction of sp³-hybridized carbons (Fsp3) is 0.0833. The fourth-order valence-electron chi connectivity index (χ4n) is 3.23. The van der Waals surface area contributed by atoms with E-state index < -0.39 is 11.8 Å². The summed E-state index contributed by atoms with van der Waals surface area (Å²) < 4.78 is 24.4. The Bertz CT molecular complexity index is 1180. The molecule has 0 amide bonds. The molecule has 0 aliphatic carbocycles. The molecule has 0 unspecified atom stereocenters. The number of hydrogen-bond acceptors (Lipinski definition) is 4. The zero-order valence-electron chi connectivity index (χ0n) is 15.9. The summed E-state index contributed by atoms with van der Waals surface area (Å²) in [5.41, 5.74) is 3.10. The minimum Gasteiger partial charge on any atom is -0.452 e. The van der Waals surface area contributed by atoms with Crippen molar-refractivity contribution in [1.29, 1.82) is 0 Å². The van der Waals surface area contributed by atoms with Gasteiger partial charge in [0.25, 0.3) is 0 Å². The van der Waals surface area contributed by atoms with Crippen LogP contribution in [0.15, 0.2) is 66.4 Å². The second-order valence-electron chi connectivity index (χ2n) is 6.87. The first-order valence-electron chi connectivity index (χ1n) is 9.04. The van der Waals surface area contributed by atoms with Crippen molar-refractivity contribution in [2.45, 2.75) is 13.8 Å². The molecule has 4 rings (SSSR count). The minimum absolute atomic E-state index is 0.0974. The number of rotatable bonds is 3. The summed E-state index contributed by atoms with van der Waals surface area (Å²) in [5.74, 6) is -0.673. The average molecular weight is 388 g/mol. The summed E-state index contributed by atoms with van der Waals surface area (Å²) in [6.07, 6.45) is 1.69. The Balaban J connectivity index is 1.61. The highest BCUT2D eigenvalue weighted by Gasteiger charge is 2.30. The number of allylic oxidation sites excluding steroid dienone is 1. The molecule has 0 bridgehead atoms. The van der Waals surface area contributed by atoms with Crippen LogP contribution < -0.4 is 9.47 Å². The number of Topliss-reactive ketones (excluding diaryl/α,β-unsaturated/α-hetero) is 1. The first-order chi connectivity index (χ1) is 13.9. The lowest BCUT2D eigenvalue weighted by Gasteiger charge is -2.08. The van der Waals surface area contributed by atoms with Gasteiger partial charge in [-0.25, -0.2) is 9.18 Å². The summed E-state index contributed by atoms with van der Waals surface area (Å²) in [4.78, 5) is 25.0. The predicted molar refractivity (Wildman–Crippen MR) is 107 cm³/mol. The first kappa shape index (κ1) is 18.6. The number of halogens is 1. The summed E-state index contributed by atoms with van der Waals surface area (Å²) >= 11 is 0. The maximum Gasteiger partial charge on any atom is 0.343 e. The number of fused-ring (bicyclic) bond motifs is 1. The molecule has 0 aromatic heterocycles. The van der Waals surface area contributed by atoms with Gasteiger partial charge in [-0.15, -0.1) is 0 Å². The Hall–Kier alpha value is -3.73. The smallest absolute Gasteiger partial charge is 0.343 e. The molecular weight excluding hydrogens is 371 g/mol. The molecule has 29 heavy (non-hydrogen) atoms. The Labute approximate surface area is 167 Å². The highest BCUT2D eigenvalue weighted by Crippen LogP contribution is 2.37. The molecule has 0 saturated heterocycles. The number of ether oxygens (including phenoxy) is 2. The van der Waals surface area contributed by atoms with Gasteiger partial charge in [0.1, 0.15) is 17.3 Å². The molecule has 0 atom stereocenters. The Kier molecular flexibility index (Phi) is 4.72. The molecular formula is C24H17FO4. The van der Waals surface area contributed by atoms with E-state index in [-0.39, 0.29) is 22.9 Å². The van der Waals surface area contributed by atoms with Crippen molar-refractivity contribution in [3.05, 3.63) is 100 Å². The zero-order valence-corrected chi connectivity index (χ0v) is 15.9. The number of carbonyl (C=O) groups excluding carboxylic acids is 2. The molecule has 1 heterocycles. The van der Waals surface area contributed by atoms with Crippen molar-refractivity contribution in [3.8, 4) is 11.5 Å². The molecule has 4 nitrogen and oxygen atoms in total. The van der Waals surface area contributed by atoms with Gasteiger partial charge in [0.2, 0.25) is 5.78 Å². The van der Waals surface area contributed by atoms with Crippen LogP contribution in [0.4, 0.5) is 4.39 Å². The normalized spacial score (nSPS) is 13.9. The third kappa shape index (κ3) is 3.80. The molecule has 0 radical (unpaired) electrons. The quantitative estimate of drug-likeness (QED) is 0.348. The van der Waals surface area contributed by atoms with Gasteiger partial charge in [-0.3, -0.25) is 4.79 Å². The Morgan fingerprint density at radius 2 is 1.83 bits per heavy atom. The van der Waals surface area contributed by atoms with E-state index in [1.807, 2.05) is 31.2 Å². The monoisotopic (exact) mass is 388 g/mol. The maximum absolute atomic E-state index is 13.3. The third-order valence-corrected chi connectivity index (χ3v) is 4.55. The van der Waals surface area contributed by atoms with E-state index in [9.17, 15) is 14.0 Å². The van der Waals surface area contributed by atoms with Gasteiger partial charge in [-0.1, -0.05) is 35.9 Å². The Morgan fingerprint density at radius 3 is 2.59 bits per heavy atom. The summed E-state index contributed by atoms with van der Waals surface area (Å²) in [7, 11) is 0. The lowest BCUT2D eigenvalue weighted by atomic mass is 10.0. The highest BCUT2D eigenvalue weighted by molar-refractivity contribution is 6.15. The molecule has 3 aromatic rings. The standard InChI is InChI=1S/C24H17FO4/c1-14-5-3-6-16(9-14)11-21-23(26)22-15(2)10-19(13-20(22)29-21)28-24(27)17-7-4-8-18(25)12-17/h3-13H,1-2H3/b21-11-. The first-order valence-corrected chi connectivity index (χ1v) is 9.04. The number of aryl methyl sites for hydroxylation is 2. The molecule has 1 aliphatic heterocycles. The van der Waals surface area contributed by atoms with Crippen LogP contribution in [-0.4, -0.2) is 11.8 Å². The van der Waals surface area contributed by atoms with Crippen molar-refractivity contribution in [2.75, 3.05) is 0 Å². The fourth-order valence-corrected chi connectivity index (χ4v) is 3.23.